The van der Waals surface area contributed by atoms with Crippen LogP contribution in [0.25, 0.3) is 6.08 Å². The van der Waals surface area contributed by atoms with Gasteiger partial charge in [-0.05, 0) is 31.9 Å². The third kappa shape index (κ3) is 3.02. The SMILES string of the molecule is CCc1nc(C)c(C(=O)N2CCC[C@@]3(C=Cc4ccccc4O3)CC2)o1. The molecule has 136 valence electrons. The van der Waals surface area contributed by atoms with Gasteiger partial charge in [0.05, 0.1) is 5.69 Å². The van der Waals surface area contributed by atoms with Gasteiger partial charge in [-0.15, -0.1) is 0 Å². The number of hydrogen-bond donors (Lipinski definition) is 0. The molecule has 0 aliphatic carbocycles. The van der Waals surface area contributed by atoms with Crippen LogP contribution in [-0.2, 0) is 6.42 Å². The summed E-state index contributed by atoms with van der Waals surface area (Å²) in [5.74, 6) is 1.86. The lowest BCUT2D eigenvalue weighted by atomic mass is 9.91. The van der Waals surface area contributed by atoms with Gasteiger partial charge in [0.25, 0.3) is 5.91 Å². The summed E-state index contributed by atoms with van der Waals surface area (Å²) in [5, 5.41) is 0. The fourth-order valence-corrected chi connectivity index (χ4v) is 3.75. The Morgan fingerprint density at radius 1 is 1.27 bits per heavy atom. The van der Waals surface area contributed by atoms with Crippen LogP contribution in [0.3, 0.4) is 0 Å². The number of benzene rings is 1. The van der Waals surface area contributed by atoms with Gasteiger partial charge >= 0.3 is 0 Å². The number of aryl methyl sites for hydroxylation is 2. The van der Waals surface area contributed by atoms with Crippen LogP contribution >= 0.6 is 0 Å². The molecular formula is C21H24N2O3. The highest BCUT2D eigenvalue weighted by Gasteiger charge is 2.36. The first-order chi connectivity index (χ1) is 12.6. The molecule has 5 heteroatoms. The molecule has 1 fully saturated rings. The average Bonchev–Trinajstić information content (AvgIpc) is 2.92. The van der Waals surface area contributed by atoms with Crippen molar-refractivity contribution in [3.63, 3.8) is 0 Å². The van der Waals surface area contributed by atoms with E-state index in [0.717, 1.165) is 30.6 Å². The minimum Gasteiger partial charge on any atom is -0.483 e. The van der Waals surface area contributed by atoms with Crippen LogP contribution in [0.15, 0.2) is 34.8 Å². The summed E-state index contributed by atoms with van der Waals surface area (Å²) in [6.07, 6.45) is 7.57. The highest BCUT2D eigenvalue weighted by Crippen LogP contribution is 2.37. The molecule has 4 rings (SSSR count). The van der Waals surface area contributed by atoms with Crippen molar-refractivity contribution in [1.82, 2.24) is 9.88 Å². The molecule has 3 heterocycles. The van der Waals surface area contributed by atoms with Gasteiger partial charge in [0.1, 0.15) is 11.4 Å². The highest BCUT2D eigenvalue weighted by atomic mass is 16.5. The minimum atomic E-state index is -0.325. The van der Waals surface area contributed by atoms with Gasteiger partial charge in [0, 0.05) is 31.5 Å². The molecule has 0 bridgehead atoms. The van der Waals surface area contributed by atoms with E-state index in [4.69, 9.17) is 9.15 Å². The summed E-state index contributed by atoms with van der Waals surface area (Å²) in [4.78, 5) is 19.1. The quantitative estimate of drug-likeness (QED) is 0.819. The number of amides is 1. The second-order valence-corrected chi connectivity index (χ2v) is 7.06. The Morgan fingerprint density at radius 2 is 2.12 bits per heavy atom. The van der Waals surface area contributed by atoms with Gasteiger partial charge in [-0.2, -0.15) is 0 Å². The zero-order chi connectivity index (χ0) is 18.1. The fraction of sp³-hybridized carbons (Fsp3) is 0.429. The van der Waals surface area contributed by atoms with Gasteiger partial charge in [0.2, 0.25) is 5.76 Å². The fourth-order valence-electron chi connectivity index (χ4n) is 3.75. The topological polar surface area (TPSA) is 55.6 Å². The standard InChI is InChI=1S/C21H24N2O3/c1-3-18-22-15(2)19(25-18)20(24)23-13-6-10-21(12-14-23)11-9-16-7-4-5-8-17(16)26-21/h4-5,7-9,11H,3,6,10,12-14H2,1-2H3/t21-/m1/s1. The molecule has 1 amide bonds. The normalized spacial score (nSPS) is 22.0. The molecule has 1 atom stereocenters. The van der Waals surface area contributed by atoms with Crippen molar-refractivity contribution in [3.8, 4) is 5.75 Å². The number of hydrogen-bond acceptors (Lipinski definition) is 4. The lowest BCUT2D eigenvalue weighted by Crippen LogP contribution is -2.38. The first kappa shape index (κ1) is 16.9. The number of aromatic nitrogens is 1. The van der Waals surface area contributed by atoms with Crippen molar-refractivity contribution >= 4 is 12.0 Å². The van der Waals surface area contributed by atoms with Gasteiger partial charge in [-0.1, -0.05) is 31.2 Å². The molecule has 1 aromatic carbocycles. The molecule has 0 saturated carbocycles. The van der Waals surface area contributed by atoms with E-state index in [-0.39, 0.29) is 11.5 Å². The van der Waals surface area contributed by atoms with E-state index in [2.05, 4.69) is 23.2 Å². The number of oxazole rings is 1. The van der Waals surface area contributed by atoms with E-state index in [0.29, 0.717) is 36.9 Å². The monoisotopic (exact) mass is 352 g/mol. The first-order valence-electron chi connectivity index (χ1n) is 9.33. The molecule has 0 unspecified atom stereocenters. The zero-order valence-corrected chi connectivity index (χ0v) is 15.3. The van der Waals surface area contributed by atoms with Crippen molar-refractivity contribution in [2.75, 3.05) is 13.1 Å². The summed E-state index contributed by atoms with van der Waals surface area (Å²) in [5.41, 5.74) is 1.46. The van der Waals surface area contributed by atoms with Crippen molar-refractivity contribution in [1.29, 1.82) is 0 Å². The Labute approximate surface area is 153 Å². The number of ether oxygens (including phenoxy) is 1. The van der Waals surface area contributed by atoms with Crippen LogP contribution in [0.1, 0.15) is 53.9 Å². The predicted octanol–water partition coefficient (Wildman–Crippen LogP) is 4.02. The van der Waals surface area contributed by atoms with E-state index < -0.39 is 0 Å². The van der Waals surface area contributed by atoms with Crippen molar-refractivity contribution in [2.24, 2.45) is 0 Å². The zero-order valence-electron chi connectivity index (χ0n) is 15.3. The summed E-state index contributed by atoms with van der Waals surface area (Å²) >= 11 is 0. The van der Waals surface area contributed by atoms with Crippen LogP contribution in [0.2, 0.25) is 0 Å². The molecule has 26 heavy (non-hydrogen) atoms. The maximum Gasteiger partial charge on any atom is 0.291 e. The molecular weight excluding hydrogens is 328 g/mol. The molecule has 2 aliphatic heterocycles. The predicted molar refractivity (Wildman–Crippen MR) is 99.2 cm³/mol. The van der Waals surface area contributed by atoms with Crippen LogP contribution in [-0.4, -0.2) is 34.5 Å². The minimum absolute atomic E-state index is 0.0630. The lowest BCUT2D eigenvalue weighted by molar-refractivity contribution is 0.0698. The van der Waals surface area contributed by atoms with Gasteiger partial charge in [-0.3, -0.25) is 4.79 Å². The summed E-state index contributed by atoms with van der Waals surface area (Å²) in [7, 11) is 0. The smallest absolute Gasteiger partial charge is 0.291 e. The average molecular weight is 352 g/mol. The number of para-hydroxylation sites is 1. The van der Waals surface area contributed by atoms with Gasteiger partial charge in [-0.25, -0.2) is 4.98 Å². The van der Waals surface area contributed by atoms with E-state index in [1.807, 2.05) is 36.9 Å². The second kappa shape index (κ2) is 6.63. The lowest BCUT2D eigenvalue weighted by Gasteiger charge is -2.34. The number of carbonyl (C=O) groups is 1. The third-order valence-electron chi connectivity index (χ3n) is 5.26. The maximum atomic E-state index is 12.9. The number of nitrogens with zero attached hydrogens (tertiary/aromatic N) is 2. The molecule has 1 spiro atoms. The van der Waals surface area contributed by atoms with Crippen LogP contribution in [0.5, 0.6) is 5.75 Å². The van der Waals surface area contributed by atoms with E-state index >= 15 is 0 Å². The Kier molecular flexibility index (Phi) is 4.31. The summed E-state index contributed by atoms with van der Waals surface area (Å²) in [6.45, 7) is 5.16. The molecule has 1 aromatic heterocycles. The molecule has 0 N–H and O–H groups in total. The number of rotatable bonds is 2. The molecule has 0 radical (unpaired) electrons. The molecule has 2 aromatic rings. The Balaban J connectivity index is 1.50. The molecule has 5 nitrogen and oxygen atoms in total. The number of fused-ring (bicyclic) bond motifs is 1. The summed E-state index contributed by atoms with van der Waals surface area (Å²) < 4.78 is 12.0. The van der Waals surface area contributed by atoms with E-state index in [9.17, 15) is 4.79 Å². The molecule has 1 saturated heterocycles. The second-order valence-electron chi connectivity index (χ2n) is 7.06. The van der Waals surface area contributed by atoms with E-state index in [1.165, 1.54) is 0 Å². The van der Waals surface area contributed by atoms with Crippen molar-refractivity contribution in [3.05, 3.63) is 53.2 Å². The number of likely N-dealkylation sites (tertiary alicyclic amines) is 1. The Morgan fingerprint density at radius 3 is 2.92 bits per heavy atom. The van der Waals surface area contributed by atoms with Gasteiger partial charge < -0.3 is 14.1 Å². The highest BCUT2D eigenvalue weighted by molar-refractivity contribution is 5.92. The summed E-state index contributed by atoms with van der Waals surface area (Å²) in [6, 6.07) is 8.08. The largest absolute Gasteiger partial charge is 0.483 e. The first-order valence-corrected chi connectivity index (χ1v) is 9.33. The third-order valence-corrected chi connectivity index (χ3v) is 5.26. The number of carbonyl (C=O) groups excluding carboxylic acids is 1. The van der Waals surface area contributed by atoms with Crippen molar-refractivity contribution < 1.29 is 13.9 Å². The Bertz CT molecular complexity index is 855. The van der Waals surface area contributed by atoms with Crippen molar-refractivity contribution in [2.45, 2.75) is 45.1 Å². The van der Waals surface area contributed by atoms with Crippen LogP contribution in [0, 0.1) is 6.92 Å². The molecule has 2 aliphatic rings. The maximum absolute atomic E-state index is 12.9. The van der Waals surface area contributed by atoms with Gasteiger partial charge in [0.15, 0.2) is 5.89 Å². The Hall–Kier alpha value is -2.56. The van der Waals surface area contributed by atoms with Crippen LogP contribution in [0.4, 0.5) is 0 Å². The van der Waals surface area contributed by atoms with Crippen LogP contribution < -0.4 is 4.74 Å². The van der Waals surface area contributed by atoms with E-state index in [1.54, 1.807) is 0 Å².